The van der Waals surface area contributed by atoms with Crippen LogP contribution < -0.4 is 19.9 Å². The summed E-state index contributed by atoms with van der Waals surface area (Å²) in [6.45, 7) is 0. The zero-order valence-corrected chi connectivity index (χ0v) is 8.64. The molecule has 0 unspecified atom stereocenters. The Morgan fingerprint density at radius 1 is 1.33 bits per heavy atom. The molecular weight excluding hydrogens is 200 g/mol. The third kappa shape index (κ3) is 2.97. The lowest BCUT2D eigenvalue weighted by atomic mass is 10.6. The molecule has 7 nitrogen and oxygen atoms in total. The van der Waals surface area contributed by atoms with Crippen molar-refractivity contribution in [3.05, 3.63) is 6.07 Å². The molecule has 0 aliphatic heterocycles. The second kappa shape index (κ2) is 4.99. The molecule has 1 rings (SSSR count). The van der Waals surface area contributed by atoms with Crippen molar-refractivity contribution in [2.45, 2.75) is 0 Å². The summed E-state index contributed by atoms with van der Waals surface area (Å²) >= 11 is 0. The fourth-order valence-corrected chi connectivity index (χ4v) is 0.821. The average molecular weight is 211 g/mol. The number of aliphatic imine (C=N–C) groups is 1. The van der Waals surface area contributed by atoms with Gasteiger partial charge < -0.3 is 19.9 Å². The first kappa shape index (κ1) is 11.0. The number of nitrogens with zero attached hydrogens (tertiary/aromatic N) is 3. The minimum Gasteiger partial charge on any atom is -0.846 e. The van der Waals surface area contributed by atoms with Crippen LogP contribution in [0.3, 0.4) is 0 Å². The van der Waals surface area contributed by atoms with E-state index in [1.165, 1.54) is 27.3 Å². The van der Waals surface area contributed by atoms with Gasteiger partial charge in [-0.1, -0.05) is 0 Å². The molecule has 1 aromatic rings. The first-order chi connectivity index (χ1) is 7.19. The van der Waals surface area contributed by atoms with Gasteiger partial charge in [0.05, 0.1) is 26.3 Å². The van der Waals surface area contributed by atoms with Crippen molar-refractivity contribution in [3.63, 3.8) is 0 Å². The largest absolute Gasteiger partial charge is 0.846 e. The maximum atomic E-state index is 10.9. The van der Waals surface area contributed by atoms with Crippen LogP contribution in [0.2, 0.25) is 0 Å². The molecule has 0 spiro atoms. The van der Waals surface area contributed by atoms with E-state index in [0.29, 0.717) is 11.8 Å². The summed E-state index contributed by atoms with van der Waals surface area (Å²) in [7, 11) is 4.28. The van der Waals surface area contributed by atoms with Gasteiger partial charge in [-0.3, -0.25) is 4.99 Å². The van der Waals surface area contributed by atoms with Crippen LogP contribution in [0.1, 0.15) is 0 Å². The van der Waals surface area contributed by atoms with Crippen LogP contribution in [0, 0.1) is 0 Å². The molecule has 15 heavy (non-hydrogen) atoms. The predicted molar refractivity (Wildman–Crippen MR) is 52.1 cm³/mol. The lowest BCUT2D eigenvalue weighted by molar-refractivity contribution is -0.214. The summed E-state index contributed by atoms with van der Waals surface area (Å²) in [5, 5.41) is 13.3. The van der Waals surface area contributed by atoms with E-state index in [1.54, 1.807) is 0 Å². The minimum atomic E-state index is -0.537. The van der Waals surface area contributed by atoms with Crippen LogP contribution >= 0.6 is 0 Å². The van der Waals surface area contributed by atoms with E-state index >= 15 is 0 Å². The van der Waals surface area contributed by atoms with Gasteiger partial charge in [-0.2, -0.15) is 9.97 Å². The molecule has 0 amide bonds. The fourth-order valence-electron chi connectivity index (χ4n) is 0.821. The molecule has 0 saturated heterocycles. The van der Waals surface area contributed by atoms with Gasteiger partial charge in [-0.05, 0) is 0 Å². The Hall–Kier alpha value is -2.05. The van der Waals surface area contributed by atoms with E-state index < -0.39 is 6.02 Å². The summed E-state index contributed by atoms with van der Waals surface area (Å²) in [5.41, 5.74) is 0. The second-order valence-corrected chi connectivity index (χ2v) is 2.43. The maximum absolute atomic E-state index is 10.9. The van der Waals surface area contributed by atoms with Gasteiger partial charge in [0.2, 0.25) is 17.7 Å². The average Bonchev–Trinajstić information content (AvgIpc) is 2.28. The molecule has 82 valence electrons. The third-order valence-electron chi connectivity index (χ3n) is 1.52. The van der Waals surface area contributed by atoms with Crippen LogP contribution in [0.15, 0.2) is 11.1 Å². The Kier molecular flexibility index (Phi) is 3.67. The number of nitrogens with one attached hydrogen (secondary N) is 1. The first-order valence-electron chi connectivity index (χ1n) is 4.07. The number of aromatic nitrogens is 2. The fraction of sp³-hybridized carbons (Fsp3) is 0.375. The monoisotopic (exact) mass is 211 g/mol. The van der Waals surface area contributed by atoms with E-state index in [9.17, 15) is 5.11 Å². The standard InChI is InChI=1S/C8H12N4O3/c1-9-8(13)12-7-10-5(14-2)4-6(11-7)15-3/h4H,1-3H3,(H2,9,10,11,12,13)/p-1. The van der Waals surface area contributed by atoms with Crippen molar-refractivity contribution in [2.75, 3.05) is 26.6 Å². The highest BCUT2D eigenvalue weighted by molar-refractivity contribution is 5.83. The van der Waals surface area contributed by atoms with E-state index in [0.717, 1.165) is 0 Å². The van der Waals surface area contributed by atoms with Gasteiger partial charge >= 0.3 is 0 Å². The number of anilines is 1. The molecule has 0 saturated carbocycles. The van der Waals surface area contributed by atoms with E-state index in [1.807, 2.05) is 0 Å². The smallest absolute Gasteiger partial charge is 0.234 e. The predicted octanol–water partition coefficient (Wildman–Crippen LogP) is -0.748. The Bertz CT molecular complexity index is 345. The molecule has 1 heterocycles. The molecule has 7 heteroatoms. The Morgan fingerprint density at radius 3 is 2.27 bits per heavy atom. The number of hydrogen-bond donors (Lipinski definition) is 1. The van der Waals surface area contributed by atoms with Crippen LogP contribution in [0.5, 0.6) is 11.8 Å². The molecule has 0 radical (unpaired) electrons. The van der Waals surface area contributed by atoms with Crippen LogP contribution in [-0.2, 0) is 0 Å². The Labute approximate surface area is 86.8 Å². The van der Waals surface area contributed by atoms with Gasteiger partial charge in [0.15, 0.2) is 0 Å². The highest BCUT2D eigenvalue weighted by Crippen LogP contribution is 2.16. The highest BCUT2D eigenvalue weighted by atomic mass is 16.5. The third-order valence-corrected chi connectivity index (χ3v) is 1.52. The van der Waals surface area contributed by atoms with Crippen molar-refractivity contribution in [3.8, 4) is 11.8 Å². The molecule has 0 aromatic carbocycles. The van der Waals surface area contributed by atoms with Gasteiger partial charge in [-0.15, -0.1) is 0 Å². The molecular formula is C8H11N4O3-. The lowest BCUT2D eigenvalue weighted by Crippen LogP contribution is -2.27. The number of amidine groups is 1. The quantitative estimate of drug-likeness (QED) is 0.522. The topological polar surface area (TPSA) is 91.7 Å². The molecule has 1 N–H and O–H groups in total. The molecule has 0 aliphatic rings. The lowest BCUT2D eigenvalue weighted by Gasteiger charge is -2.12. The molecule has 0 fully saturated rings. The number of rotatable bonds is 3. The van der Waals surface area contributed by atoms with Crippen LogP contribution in [0.4, 0.5) is 5.95 Å². The number of hydrogen-bond acceptors (Lipinski definition) is 6. The second-order valence-electron chi connectivity index (χ2n) is 2.43. The molecule has 0 bridgehead atoms. The van der Waals surface area contributed by atoms with E-state index in [-0.39, 0.29) is 5.95 Å². The highest BCUT2D eigenvalue weighted by Gasteiger charge is 2.04. The summed E-state index contributed by atoms with van der Waals surface area (Å²) in [4.78, 5) is 11.1. The molecule has 0 atom stereocenters. The minimum absolute atomic E-state index is 0.0850. The summed E-state index contributed by atoms with van der Waals surface area (Å²) in [6, 6.07) is 0.962. The van der Waals surface area contributed by atoms with E-state index in [4.69, 9.17) is 9.47 Å². The van der Waals surface area contributed by atoms with Crippen molar-refractivity contribution >= 4 is 12.0 Å². The summed E-state index contributed by atoms with van der Waals surface area (Å²) < 4.78 is 9.80. The Morgan fingerprint density at radius 2 is 1.87 bits per heavy atom. The van der Waals surface area contributed by atoms with Crippen LogP contribution in [0.25, 0.3) is 0 Å². The number of ether oxygens (including phenoxy) is 2. The van der Waals surface area contributed by atoms with Crippen LogP contribution in [-0.4, -0.2) is 37.3 Å². The van der Waals surface area contributed by atoms with Crippen molar-refractivity contribution in [2.24, 2.45) is 4.99 Å². The van der Waals surface area contributed by atoms with Gasteiger partial charge in [0.25, 0.3) is 0 Å². The number of methoxy groups -OCH3 is 2. The van der Waals surface area contributed by atoms with Crippen molar-refractivity contribution < 1.29 is 14.6 Å². The zero-order valence-electron chi connectivity index (χ0n) is 8.64. The molecule has 1 aromatic heterocycles. The van der Waals surface area contributed by atoms with Crippen molar-refractivity contribution in [1.29, 1.82) is 0 Å². The molecule has 0 aliphatic carbocycles. The maximum Gasteiger partial charge on any atom is 0.234 e. The zero-order chi connectivity index (χ0) is 11.3. The van der Waals surface area contributed by atoms with Gasteiger partial charge in [-0.25, -0.2) is 0 Å². The van der Waals surface area contributed by atoms with Crippen molar-refractivity contribution in [1.82, 2.24) is 9.97 Å². The Balaban J connectivity index is 2.96. The normalized spacial score (nSPS) is 11.0. The summed E-state index contributed by atoms with van der Waals surface area (Å²) in [5.74, 6) is 0.684. The van der Waals surface area contributed by atoms with Gasteiger partial charge in [0.1, 0.15) is 0 Å². The van der Waals surface area contributed by atoms with Gasteiger partial charge in [0, 0.05) is 7.05 Å². The SMILES string of the molecule is CN=C([O-])Nc1nc(OC)cc(OC)n1. The first-order valence-corrected chi connectivity index (χ1v) is 4.07. The van der Waals surface area contributed by atoms with E-state index in [2.05, 4.69) is 20.3 Å². The summed E-state index contributed by atoms with van der Waals surface area (Å²) in [6.07, 6.45) is 0.